The third-order valence-corrected chi connectivity index (χ3v) is 5.82. The smallest absolute Gasteiger partial charge is 0.318 e. The lowest BCUT2D eigenvalue weighted by Gasteiger charge is -2.11. The van der Waals surface area contributed by atoms with Crippen LogP contribution in [-0.4, -0.2) is 34.2 Å². The first kappa shape index (κ1) is 21.7. The number of nitrogens with zero attached hydrogens (tertiary/aromatic N) is 2. The van der Waals surface area contributed by atoms with E-state index in [2.05, 4.69) is 15.3 Å². The summed E-state index contributed by atoms with van der Waals surface area (Å²) < 4.78 is 21.1. The highest BCUT2D eigenvalue weighted by Gasteiger charge is 2.11. The average molecular weight is 452 g/mol. The number of hydrogen-bond acceptors (Lipinski definition) is 6. The van der Waals surface area contributed by atoms with Crippen molar-refractivity contribution in [3.05, 3.63) is 70.9 Å². The Balaban J connectivity index is 1.51. The number of halogens is 1. The van der Waals surface area contributed by atoms with Crippen LogP contribution >= 0.6 is 11.3 Å². The highest BCUT2D eigenvalue weighted by molar-refractivity contribution is 7.17. The number of nitrogens with one attached hydrogen (secondary N) is 1. The number of fused-ring (bicyclic) bond motifs is 1. The summed E-state index contributed by atoms with van der Waals surface area (Å²) in [5.41, 5.74) is 2.83. The van der Waals surface area contributed by atoms with Gasteiger partial charge < -0.3 is 15.2 Å². The van der Waals surface area contributed by atoms with Gasteiger partial charge in [0.25, 0.3) is 0 Å². The average Bonchev–Trinajstić information content (AvgIpc) is 3.25. The van der Waals surface area contributed by atoms with Crippen molar-refractivity contribution >= 4 is 33.2 Å². The minimum absolute atomic E-state index is 0.0329. The molecule has 0 aliphatic rings. The lowest BCUT2D eigenvalue weighted by Crippen LogP contribution is -2.09. The summed E-state index contributed by atoms with van der Waals surface area (Å²) in [5.74, 6) is -0.477. The van der Waals surface area contributed by atoms with E-state index in [9.17, 15) is 9.18 Å². The van der Waals surface area contributed by atoms with Crippen LogP contribution in [-0.2, 0) is 17.6 Å². The fourth-order valence-electron chi connectivity index (χ4n) is 3.40. The van der Waals surface area contributed by atoms with Crippen molar-refractivity contribution in [2.24, 2.45) is 0 Å². The zero-order valence-electron chi connectivity index (χ0n) is 17.5. The number of ether oxygens (including phenoxy) is 1. The lowest BCUT2D eigenvalue weighted by molar-refractivity contribution is -0.136. The molecule has 164 valence electrons. The van der Waals surface area contributed by atoms with E-state index < -0.39 is 5.97 Å². The maximum absolute atomic E-state index is 14.7. The number of carboxylic acid groups (broad SMARTS) is 1. The molecule has 32 heavy (non-hydrogen) atoms. The van der Waals surface area contributed by atoms with Crippen molar-refractivity contribution in [2.45, 2.75) is 19.8 Å². The van der Waals surface area contributed by atoms with Crippen LogP contribution in [0.2, 0.25) is 0 Å². The summed E-state index contributed by atoms with van der Waals surface area (Å²) >= 11 is 1.52. The topological polar surface area (TPSA) is 84.3 Å². The lowest BCUT2D eigenvalue weighted by atomic mass is 10.1. The van der Waals surface area contributed by atoms with Crippen molar-refractivity contribution < 1.29 is 19.0 Å². The molecule has 2 aromatic carbocycles. The number of carboxylic acids is 1. The van der Waals surface area contributed by atoms with Crippen LogP contribution in [0.15, 0.2) is 53.9 Å². The van der Waals surface area contributed by atoms with E-state index in [1.807, 2.05) is 36.6 Å². The van der Waals surface area contributed by atoms with Gasteiger partial charge in [-0.1, -0.05) is 30.3 Å². The second-order valence-corrected chi connectivity index (χ2v) is 8.12. The highest BCUT2D eigenvalue weighted by atomic mass is 32.1. The molecule has 0 atom stereocenters. The first-order valence-electron chi connectivity index (χ1n) is 10.2. The number of carbonyl (C=O) groups is 1. The third kappa shape index (κ3) is 5.03. The number of aliphatic carboxylic acids is 1. The predicted octanol–water partition coefficient (Wildman–Crippen LogP) is 5.18. The van der Waals surface area contributed by atoms with Crippen LogP contribution in [0.3, 0.4) is 0 Å². The van der Waals surface area contributed by atoms with Crippen LogP contribution < -0.4 is 10.1 Å². The van der Waals surface area contributed by atoms with Gasteiger partial charge in [0.05, 0.1) is 18.7 Å². The van der Waals surface area contributed by atoms with Gasteiger partial charge in [-0.3, -0.25) is 4.79 Å². The number of thiophene rings is 1. The van der Waals surface area contributed by atoms with E-state index in [1.165, 1.54) is 11.3 Å². The van der Waals surface area contributed by atoms with Gasteiger partial charge in [-0.05, 0) is 42.0 Å². The van der Waals surface area contributed by atoms with Gasteiger partial charge in [0.1, 0.15) is 11.6 Å². The van der Waals surface area contributed by atoms with Gasteiger partial charge in [0, 0.05) is 28.3 Å². The van der Waals surface area contributed by atoms with E-state index in [0.29, 0.717) is 47.6 Å². The molecule has 2 aromatic heterocycles. The molecule has 0 radical (unpaired) electrons. The molecule has 0 saturated carbocycles. The van der Waals surface area contributed by atoms with Gasteiger partial charge in [0.2, 0.25) is 0 Å². The van der Waals surface area contributed by atoms with Crippen molar-refractivity contribution in [1.82, 2.24) is 9.97 Å². The summed E-state index contributed by atoms with van der Waals surface area (Å²) in [6.45, 7) is 2.77. The molecule has 0 fully saturated rings. The molecule has 0 saturated heterocycles. The largest absolute Gasteiger partial charge is 0.481 e. The molecule has 0 aliphatic heterocycles. The van der Waals surface area contributed by atoms with Crippen LogP contribution in [0, 0.1) is 5.82 Å². The summed E-state index contributed by atoms with van der Waals surface area (Å²) in [7, 11) is 0. The molecule has 0 aliphatic carbocycles. The minimum atomic E-state index is -0.875. The number of anilines is 1. The molecule has 0 amide bonds. The molecule has 4 rings (SSSR count). The second kappa shape index (κ2) is 9.74. The standard InChI is InChI=1S/C24H22FN3O3S/c1-2-31-24-27-19(16-5-3-15(4-6-16)13-22(29)30)14-21(28-24)26-11-9-17-7-8-20-18(23(17)25)10-12-32-20/h3-8,10,12,14H,2,9,11,13H2,1H3,(H,29,30)(H,26,27,28). The Morgan fingerprint density at radius 2 is 1.97 bits per heavy atom. The Hall–Kier alpha value is -3.52. The van der Waals surface area contributed by atoms with E-state index in [-0.39, 0.29) is 18.2 Å². The predicted molar refractivity (Wildman–Crippen MR) is 124 cm³/mol. The number of aromatic nitrogens is 2. The van der Waals surface area contributed by atoms with Crippen LogP contribution in [0.4, 0.5) is 10.2 Å². The second-order valence-electron chi connectivity index (χ2n) is 7.17. The van der Waals surface area contributed by atoms with Gasteiger partial charge in [-0.2, -0.15) is 9.97 Å². The van der Waals surface area contributed by atoms with E-state index in [0.717, 1.165) is 10.3 Å². The van der Waals surface area contributed by atoms with Crippen molar-refractivity contribution in [3.8, 4) is 17.3 Å². The van der Waals surface area contributed by atoms with Gasteiger partial charge in [0.15, 0.2) is 0 Å². The Morgan fingerprint density at radius 1 is 1.16 bits per heavy atom. The maximum atomic E-state index is 14.7. The first-order chi connectivity index (χ1) is 15.5. The minimum Gasteiger partial charge on any atom is -0.481 e. The summed E-state index contributed by atoms with van der Waals surface area (Å²) in [4.78, 5) is 19.7. The monoisotopic (exact) mass is 451 g/mol. The van der Waals surface area contributed by atoms with Crippen LogP contribution in [0.1, 0.15) is 18.1 Å². The highest BCUT2D eigenvalue weighted by Crippen LogP contribution is 2.26. The van der Waals surface area contributed by atoms with E-state index in [4.69, 9.17) is 9.84 Å². The zero-order chi connectivity index (χ0) is 22.5. The third-order valence-electron chi connectivity index (χ3n) is 4.93. The maximum Gasteiger partial charge on any atom is 0.318 e. The van der Waals surface area contributed by atoms with E-state index in [1.54, 1.807) is 24.3 Å². The van der Waals surface area contributed by atoms with Gasteiger partial charge >= 0.3 is 12.0 Å². The molecule has 6 nitrogen and oxygen atoms in total. The zero-order valence-corrected chi connectivity index (χ0v) is 18.3. The van der Waals surface area contributed by atoms with E-state index >= 15 is 0 Å². The molecular formula is C24H22FN3O3S. The summed E-state index contributed by atoms with van der Waals surface area (Å²) in [6.07, 6.45) is 0.472. The van der Waals surface area contributed by atoms with Crippen molar-refractivity contribution in [1.29, 1.82) is 0 Å². The molecular weight excluding hydrogens is 429 g/mol. The number of hydrogen-bond donors (Lipinski definition) is 2. The van der Waals surface area contributed by atoms with Crippen molar-refractivity contribution in [2.75, 3.05) is 18.5 Å². The molecule has 2 N–H and O–H groups in total. The molecule has 2 heterocycles. The van der Waals surface area contributed by atoms with Crippen LogP contribution in [0.25, 0.3) is 21.3 Å². The molecule has 4 aromatic rings. The van der Waals surface area contributed by atoms with Crippen LogP contribution in [0.5, 0.6) is 6.01 Å². The molecule has 0 bridgehead atoms. The summed E-state index contributed by atoms with van der Waals surface area (Å²) in [5, 5.41) is 14.7. The molecule has 0 spiro atoms. The van der Waals surface area contributed by atoms with Crippen molar-refractivity contribution in [3.63, 3.8) is 0 Å². The molecule has 8 heteroatoms. The first-order valence-corrected chi connectivity index (χ1v) is 11.1. The Bertz CT molecular complexity index is 1240. The van der Waals surface area contributed by atoms with Gasteiger partial charge in [-0.15, -0.1) is 11.3 Å². The fourth-order valence-corrected chi connectivity index (χ4v) is 4.18. The number of benzene rings is 2. The van der Waals surface area contributed by atoms with Gasteiger partial charge in [-0.25, -0.2) is 4.39 Å². The molecule has 0 unspecified atom stereocenters. The normalized spacial score (nSPS) is 10.9. The Morgan fingerprint density at radius 3 is 2.72 bits per heavy atom. The summed E-state index contributed by atoms with van der Waals surface area (Å²) in [6, 6.07) is 14.8. The quantitative estimate of drug-likeness (QED) is 0.365. The fraction of sp³-hybridized carbons (Fsp3) is 0.208. The Labute approximate surface area is 188 Å². The Kier molecular flexibility index (Phi) is 6.61. The number of rotatable bonds is 9. The SMILES string of the molecule is CCOc1nc(NCCc2ccc3sccc3c2F)cc(-c2ccc(CC(=O)O)cc2)n1.